The van der Waals surface area contributed by atoms with Crippen LogP contribution in [0.5, 0.6) is 0 Å². The first kappa shape index (κ1) is 22.2. The van der Waals surface area contributed by atoms with Crippen molar-refractivity contribution in [1.29, 1.82) is 0 Å². The van der Waals surface area contributed by atoms with E-state index in [1.807, 2.05) is 30.3 Å². The number of anilines is 3. The Bertz CT molecular complexity index is 1580. The fraction of sp³-hybridized carbons (Fsp3) is 0.167. The van der Waals surface area contributed by atoms with E-state index in [9.17, 15) is 8.42 Å². The molecule has 0 radical (unpaired) electrons. The number of aromatic nitrogens is 4. The number of hydrogen-bond acceptors (Lipinski definition) is 8. The molecule has 0 spiro atoms. The van der Waals surface area contributed by atoms with Crippen molar-refractivity contribution in [2.75, 3.05) is 10.0 Å². The maximum absolute atomic E-state index is 13.3. The third-order valence-corrected chi connectivity index (χ3v) is 7.61. The zero-order valence-corrected chi connectivity index (χ0v) is 20.2. The summed E-state index contributed by atoms with van der Waals surface area (Å²) in [7, 11) is -4.00. The Morgan fingerprint density at radius 3 is 2.24 bits per heavy atom. The van der Waals surface area contributed by atoms with Crippen LogP contribution in [0.1, 0.15) is 31.7 Å². The van der Waals surface area contributed by atoms with Crippen LogP contribution in [-0.2, 0) is 10.0 Å². The van der Waals surface area contributed by atoms with E-state index in [2.05, 4.69) is 54.7 Å². The summed E-state index contributed by atoms with van der Waals surface area (Å²) >= 11 is 0.968. The maximum atomic E-state index is 13.3. The second-order valence-electron chi connectivity index (χ2n) is 7.96. The van der Waals surface area contributed by atoms with Crippen LogP contribution in [0.25, 0.3) is 22.1 Å². The van der Waals surface area contributed by atoms with Crippen LogP contribution >= 0.6 is 11.7 Å². The molecular formula is C24H22N6O2S2. The minimum absolute atomic E-state index is 0.0394. The Balaban J connectivity index is 1.55. The number of benzene rings is 3. The number of hydrogen-bond donors (Lipinski definition) is 2. The number of fused-ring (bicyclic) bond motifs is 2. The molecule has 0 saturated heterocycles. The topological polar surface area (TPSA) is 110 Å². The largest absolute Gasteiger partial charge is 0.337 e. The first-order valence-corrected chi connectivity index (χ1v) is 13.0. The van der Waals surface area contributed by atoms with Crippen LogP contribution < -0.4 is 10.0 Å². The fourth-order valence-electron chi connectivity index (χ4n) is 3.61. The summed E-state index contributed by atoms with van der Waals surface area (Å²) in [6.07, 6.45) is 1.05. The molecule has 2 heterocycles. The van der Waals surface area contributed by atoms with Crippen LogP contribution in [0.3, 0.4) is 0 Å². The van der Waals surface area contributed by atoms with Gasteiger partial charge in [0.2, 0.25) is 0 Å². The van der Waals surface area contributed by atoms with Gasteiger partial charge < -0.3 is 5.32 Å². The van der Waals surface area contributed by atoms with Gasteiger partial charge in [0.15, 0.2) is 11.6 Å². The third kappa shape index (κ3) is 4.29. The van der Waals surface area contributed by atoms with E-state index in [1.54, 1.807) is 18.2 Å². The quantitative estimate of drug-likeness (QED) is 0.301. The predicted molar refractivity (Wildman–Crippen MR) is 136 cm³/mol. The van der Waals surface area contributed by atoms with Gasteiger partial charge in [-0.2, -0.15) is 8.75 Å². The van der Waals surface area contributed by atoms with Gasteiger partial charge in [-0.05, 0) is 54.3 Å². The van der Waals surface area contributed by atoms with Gasteiger partial charge >= 0.3 is 0 Å². The normalized spacial score (nSPS) is 12.6. The summed E-state index contributed by atoms with van der Waals surface area (Å²) in [5.74, 6) is 0.867. The van der Waals surface area contributed by atoms with Crippen molar-refractivity contribution in [2.45, 2.75) is 31.1 Å². The highest BCUT2D eigenvalue weighted by molar-refractivity contribution is 7.93. The lowest BCUT2D eigenvalue weighted by Gasteiger charge is -2.15. The molecule has 5 aromatic rings. The zero-order valence-electron chi connectivity index (χ0n) is 18.6. The van der Waals surface area contributed by atoms with Crippen LogP contribution in [0.4, 0.5) is 17.3 Å². The maximum Gasteiger partial charge on any atom is 0.265 e. The molecule has 0 fully saturated rings. The summed E-state index contributed by atoms with van der Waals surface area (Å²) in [4.78, 5) is 9.25. The average molecular weight is 491 g/mol. The molecular weight excluding hydrogens is 468 g/mol. The van der Waals surface area contributed by atoms with Gasteiger partial charge in [0, 0.05) is 5.69 Å². The lowest BCUT2D eigenvalue weighted by atomic mass is 9.99. The van der Waals surface area contributed by atoms with E-state index >= 15 is 0 Å². The Labute approximate surface area is 201 Å². The minimum atomic E-state index is -4.00. The fourth-order valence-corrected chi connectivity index (χ4v) is 5.38. The Morgan fingerprint density at radius 1 is 0.853 bits per heavy atom. The molecule has 3 aromatic carbocycles. The van der Waals surface area contributed by atoms with Crippen molar-refractivity contribution in [3.8, 4) is 0 Å². The van der Waals surface area contributed by atoms with Gasteiger partial charge in [-0.15, -0.1) is 0 Å². The van der Waals surface area contributed by atoms with E-state index in [-0.39, 0.29) is 10.7 Å². The molecule has 2 N–H and O–H groups in total. The molecule has 10 heteroatoms. The molecule has 5 rings (SSSR count). The molecule has 0 amide bonds. The number of nitrogens with one attached hydrogen (secondary N) is 2. The predicted octanol–water partition coefficient (Wildman–Crippen LogP) is 5.69. The summed E-state index contributed by atoms with van der Waals surface area (Å²) in [6.45, 7) is 4.34. The van der Waals surface area contributed by atoms with E-state index < -0.39 is 10.0 Å². The molecule has 0 aliphatic rings. The summed E-state index contributed by atoms with van der Waals surface area (Å²) in [5, 5.41) is 3.23. The lowest BCUT2D eigenvalue weighted by Crippen LogP contribution is -2.16. The SMILES string of the molecule is CCC(C)c1ccc(Nc2nc3ccccc3nc2NS(=O)(=O)c2cccc3nsnc23)cc1. The van der Waals surface area contributed by atoms with Gasteiger partial charge in [0.05, 0.1) is 22.8 Å². The Hall–Kier alpha value is -3.63. The van der Waals surface area contributed by atoms with E-state index in [1.165, 1.54) is 11.6 Å². The molecule has 34 heavy (non-hydrogen) atoms. The Kier molecular flexibility index (Phi) is 5.84. The van der Waals surface area contributed by atoms with Crippen molar-refractivity contribution in [3.05, 3.63) is 72.3 Å². The van der Waals surface area contributed by atoms with Gasteiger partial charge in [-0.1, -0.05) is 44.2 Å². The van der Waals surface area contributed by atoms with Crippen molar-refractivity contribution in [1.82, 2.24) is 18.7 Å². The standard InChI is InChI=1S/C24H22N6O2S2/c1-3-15(2)16-11-13-17(14-12-16)25-23-24(27-19-8-5-4-7-18(19)26-23)30-34(31,32)21-10-6-9-20-22(21)29-33-28-20/h4-15H,3H2,1-2H3,(H,25,26)(H,27,30). The molecule has 1 atom stereocenters. The van der Waals surface area contributed by atoms with Gasteiger partial charge in [-0.3, -0.25) is 4.72 Å². The van der Waals surface area contributed by atoms with E-state index in [4.69, 9.17) is 0 Å². The number of sulfonamides is 1. The second-order valence-corrected chi connectivity index (χ2v) is 10.1. The van der Waals surface area contributed by atoms with Crippen LogP contribution in [-0.4, -0.2) is 27.1 Å². The number of nitrogens with zero attached hydrogens (tertiary/aromatic N) is 4. The number of para-hydroxylation sites is 2. The van der Waals surface area contributed by atoms with E-state index in [0.29, 0.717) is 33.8 Å². The molecule has 0 aliphatic heterocycles. The van der Waals surface area contributed by atoms with E-state index in [0.717, 1.165) is 23.8 Å². The molecule has 2 aromatic heterocycles. The molecule has 0 aliphatic carbocycles. The van der Waals surface area contributed by atoms with Crippen LogP contribution in [0.15, 0.2) is 71.6 Å². The molecule has 0 bridgehead atoms. The van der Waals surface area contributed by atoms with Crippen molar-refractivity contribution < 1.29 is 8.42 Å². The van der Waals surface area contributed by atoms with Gasteiger partial charge in [-0.25, -0.2) is 18.4 Å². The molecule has 8 nitrogen and oxygen atoms in total. The van der Waals surface area contributed by atoms with Crippen LogP contribution in [0, 0.1) is 0 Å². The van der Waals surface area contributed by atoms with Crippen molar-refractivity contribution in [3.63, 3.8) is 0 Å². The second kappa shape index (κ2) is 8.96. The lowest BCUT2D eigenvalue weighted by molar-refractivity contribution is 0.602. The summed E-state index contributed by atoms with van der Waals surface area (Å²) < 4.78 is 37.6. The van der Waals surface area contributed by atoms with Crippen molar-refractivity contribution in [2.24, 2.45) is 0 Å². The molecule has 1 unspecified atom stereocenters. The number of rotatable bonds is 7. The van der Waals surface area contributed by atoms with Crippen molar-refractivity contribution >= 4 is 61.1 Å². The molecule has 172 valence electrons. The average Bonchev–Trinajstić information content (AvgIpc) is 3.33. The zero-order chi connectivity index (χ0) is 23.7. The summed E-state index contributed by atoms with van der Waals surface area (Å²) in [6, 6.07) is 20.2. The Morgan fingerprint density at radius 2 is 1.53 bits per heavy atom. The van der Waals surface area contributed by atoms with Crippen LogP contribution in [0.2, 0.25) is 0 Å². The third-order valence-electron chi connectivity index (χ3n) is 5.69. The highest BCUT2D eigenvalue weighted by Crippen LogP contribution is 2.29. The van der Waals surface area contributed by atoms with Gasteiger partial charge in [0.1, 0.15) is 15.9 Å². The molecule has 0 saturated carbocycles. The summed E-state index contributed by atoms with van der Waals surface area (Å²) in [5.41, 5.74) is 4.09. The monoisotopic (exact) mass is 490 g/mol. The van der Waals surface area contributed by atoms with Gasteiger partial charge in [0.25, 0.3) is 10.0 Å². The highest BCUT2D eigenvalue weighted by atomic mass is 32.2. The first-order chi connectivity index (χ1) is 16.4. The highest BCUT2D eigenvalue weighted by Gasteiger charge is 2.23. The smallest absolute Gasteiger partial charge is 0.265 e. The minimum Gasteiger partial charge on any atom is -0.337 e. The first-order valence-electron chi connectivity index (χ1n) is 10.8.